The molecule has 1 aliphatic heterocycles. The van der Waals surface area contributed by atoms with Gasteiger partial charge in [0.2, 0.25) is 11.8 Å². The molecule has 0 radical (unpaired) electrons. The van der Waals surface area contributed by atoms with Crippen LogP contribution in [0.3, 0.4) is 0 Å². The van der Waals surface area contributed by atoms with Crippen molar-refractivity contribution in [1.82, 2.24) is 15.3 Å². The van der Waals surface area contributed by atoms with Gasteiger partial charge in [0, 0.05) is 28.6 Å². The van der Waals surface area contributed by atoms with Gasteiger partial charge in [0.1, 0.15) is 5.82 Å². The van der Waals surface area contributed by atoms with Gasteiger partial charge < -0.3 is 20.5 Å². The minimum Gasteiger partial charge on any atom is -0.480 e. The largest absolute Gasteiger partial charge is 0.480 e. The zero-order chi connectivity index (χ0) is 26.0. The van der Waals surface area contributed by atoms with Crippen molar-refractivity contribution in [1.29, 1.82) is 0 Å². The van der Waals surface area contributed by atoms with E-state index in [9.17, 15) is 14.3 Å². The Morgan fingerprint density at radius 3 is 3.08 bits per heavy atom. The van der Waals surface area contributed by atoms with Gasteiger partial charge in [0.15, 0.2) is 0 Å². The number of thioether (sulfide) groups is 1. The maximum atomic E-state index is 14.7. The van der Waals surface area contributed by atoms with Gasteiger partial charge in [0.05, 0.1) is 41.9 Å². The zero-order valence-corrected chi connectivity index (χ0v) is 22.1. The predicted molar refractivity (Wildman–Crippen MR) is 143 cm³/mol. The van der Waals surface area contributed by atoms with Gasteiger partial charge in [-0.25, -0.2) is 14.4 Å². The number of rotatable bonds is 8. The molecule has 198 valence electrons. The molecule has 2 heterocycles. The fraction of sp³-hybridized carbons (Fsp3) is 0.483. The molecule has 3 saturated carbocycles. The Hall–Kier alpha value is -2.75. The molecule has 3 fully saturated rings. The van der Waals surface area contributed by atoms with Gasteiger partial charge in [-0.3, -0.25) is 4.79 Å². The first-order chi connectivity index (χ1) is 18.4. The molecule has 6 unspecified atom stereocenters. The summed E-state index contributed by atoms with van der Waals surface area (Å²) in [7, 11) is 1.57. The highest BCUT2D eigenvalue weighted by molar-refractivity contribution is 8.00. The van der Waals surface area contributed by atoms with Gasteiger partial charge >= 0.3 is 0 Å². The number of benzene rings is 2. The second-order valence-corrected chi connectivity index (χ2v) is 12.3. The lowest BCUT2D eigenvalue weighted by molar-refractivity contribution is -0.113. The van der Waals surface area contributed by atoms with Crippen LogP contribution in [0.4, 0.5) is 10.1 Å². The van der Waals surface area contributed by atoms with E-state index < -0.39 is 6.10 Å². The van der Waals surface area contributed by atoms with Crippen LogP contribution in [0.1, 0.15) is 49.3 Å². The van der Waals surface area contributed by atoms with Crippen LogP contribution in [0.2, 0.25) is 0 Å². The first-order valence-electron chi connectivity index (χ1n) is 13.4. The molecule has 1 spiro atoms. The molecule has 2 aromatic carbocycles. The number of fused-ring (bicyclic) bond motifs is 2. The van der Waals surface area contributed by atoms with Crippen molar-refractivity contribution in [2.75, 3.05) is 18.2 Å². The number of anilines is 1. The lowest BCUT2D eigenvalue weighted by atomic mass is 9.64. The number of hydrogen-bond donors (Lipinski definition) is 3. The summed E-state index contributed by atoms with van der Waals surface area (Å²) in [6, 6.07) is 9.45. The fourth-order valence-electron chi connectivity index (χ4n) is 7.59. The highest BCUT2D eigenvalue weighted by Gasteiger charge is 2.75. The molecule has 3 aliphatic carbocycles. The lowest BCUT2D eigenvalue weighted by Gasteiger charge is -2.40. The van der Waals surface area contributed by atoms with Crippen molar-refractivity contribution >= 4 is 34.4 Å². The van der Waals surface area contributed by atoms with Crippen LogP contribution >= 0.6 is 11.8 Å². The van der Waals surface area contributed by atoms with Crippen LogP contribution in [0.15, 0.2) is 41.4 Å². The third-order valence-electron chi connectivity index (χ3n) is 9.40. The van der Waals surface area contributed by atoms with Crippen LogP contribution in [0.25, 0.3) is 11.0 Å². The fourth-order valence-corrected chi connectivity index (χ4v) is 8.40. The van der Waals surface area contributed by atoms with E-state index in [-0.39, 0.29) is 11.7 Å². The maximum absolute atomic E-state index is 14.7. The third-order valence-corrected chi connectivity index (χ3v) is 10.5. The number of para-hydroxylation sites is 1. The SMILES string of the molecule is COc1cnc2cccc(C(O)CCC3C4CC(NCc5cc6c(cc5F)SCC(=O)N6)CC45CC35)c2n1. The Balaban J connectivity index is 0.971. The number of ether oxygens (including phenoxy) is 1. The Kier molecular flexibility index (Phi) is 5.87. The Bertz CT molecular complexity index is 1440. The zero-order valence-electron chi connectivity index (χ0n) is 21.2. The molecule has 3 N–H and O–H groups in total. The molecular formula is C29H31FN4O3S. The molecule has 0 bridgehead atoms. The molecule has 4 aliphatic rings. The van der Waals surface area contributed by atoms with Crippen LogP contribution in [0, 0.1) is 29.0 Å². The molecule has 7 rings (SSSR count). The van der Waals surface area contributed by atoms with E-state index >= 15 is 0 Å². The average molecular weight is 535 g/mol. The van der Waals surface area contributed by atoms with Crippen LogP contribution in [0.5, 0.6) is 5.88 Å². The molecule has 0 saturated heterocycles. The van der Waals surface area contributed by atoms with Crippen molar-refractivity contribution in [2.45, 2.75) is 55.7 Å². The van der Waals surface area contributed by atoms with Crippen molar-refractivity contribution in [3.8, 4) is 5.88 Å². The number of carbonyl (C=O) groups excluding carboxylic acids is 1. The van der Waals surface area contributed by atoms with Crippen molar-refractivity contribution < 1.29 is 19.0 Å². The normalized spacial score (nSPS) is 29.6. The van der Waals surface area contributed by atoms with Crippen LogP contribution in [-0.2, 0) is 11.3 Å². The van der Waals surface area contributed by atoms with Gasteiger partial charge in [-0.2, -0.15) is 0 Å². The molecule has 3 aromatic rings. The van der Waals surface area contributed by atoms with E-state index in [4.69, 9.17) is 4.74 Å². The monoisotopic (exact) mass is 534 g/mol. The molecule has 1 amide bonds. The smallest absolute Gasteiger partial charge is 0.234 e. The second-order valence-electron chi connectivity index (χ2n) is 11.3. The summed E-state index contributed by atoms with van der Waals surface area (Å²) >= 11 is 1.38. The Morgan fingerprint density at radius 2 is 2.21 bits per heavy atom. The Morgan fingerprint density at radius 1 is 1.32 bits per heavy atom. The summed E-state index contributed by atoms with van der Waals surface area (Å²) in [4.78, 5) is 21.5. The van der Waals surface area contributed by atoms with Gasteiger partial charge in [-0.05, 0) is 73.5 Å². The molecule has 6 atom stereocenters. The number of hydrogen-bond acceptors (Lipinski definition) is 7. The summed E-state index contributed by atoms with van der Waals surface area (Å²) in [5, 5.41) is 17.6. The van der Waals surface area contributed by atoms with E-state index in [1.807, 2.05) is 18.2 Å². The van der Waals surface area contributed by atoms with Crippen molar-refractivity contribution in [3.05, 3.63) is 53.5 Å². The minimum atomic E-state index is -0.588. The first kappa shape index (κ1) is 24.3. The molecule has 38 heavy (non-hydrogen) atoms. The highest BCUT2D eigenvalue weighted by atomic mass is 32.2. The topological polar surface area (TPSA) is 96.4 Å². The van der Waals surface area contributed by atoms with Gasteiger partial charge in [-0.1, -0.05) is 12.1 Å². The van der Waals surface area contributed by atoms with Crippen LogP contribution in [-0.4, -0.2) is 39.9 Å². The number of methoxy groups -OCH3 is 1. The second kappa shape index (κ2) is 9.17. The number of amides is 1. The number of aliphatic hydroxyl groups excluding tert-OH is 1. The summed E-state index contributed by atoms with van der Waals surface area (Å²) in [5.41, 5.74) is 4.05. The average Bonchev–Trinajstić information content (AvgIpc) is 3.44. The van der Waals surface area contributed by atoms with Crippen molar-refractivity contribution in [3.63, 3.8) is 0 Å². The predicted octanol–water partition coefficient (Wildman–Crippen LogP) is 4.84. The number of aromatic nitrogens is 2. The number of carbonyl (C=O) groups is 1. The third kappa shape index (κ3) is 3.98. The number of halogens is 1. The van der Waals surface area contributed by atoms with Crippen LogP contribution < -0.4 is 15.4 Å². The van der Waals surface area contributed by atoms with E-state index in [0.717, 1.165) is 41.2 Å². The van der Waals surface area contributed by atoms with Crippen molar-refractivity contribution in [2.24, 2.45) is 23.2 Å². The van der Waals surface area contributed by atoms with E-state index in [1.165, 1.54) is 18.2 Å². The van der Waals surface area contributed by atoms with E-state index in [1.54, 1.807) is 25.4 Å². The number of nitrogens with zero attached hydrogens (tertiary/aromatic N) is 2. The first-order valence-corrected chi connectivity index (χ1v) is 14.4. The summed E-state index contributed by atoms with van der Waals surface area (Å²) in [6.45, 7) is 0.465. The lowest BCUT2D eigenvalue weighted by Crippen LogP contribution is -2.35. The molecule has 7 nitrogen and oxygen atoms in total. The van der Waals surface area contributed by atoms with Gasteiger partial charge in [0.25, 0.3) is 0 Å². The summed E-state index contributed by atoms with van der Waals surface area (Å²) < 4.78 is 20.0. The minimum absolute atomic E-state index is 0.0384. The number of nitrogens with one attached hydrogen (secondary N) is 2. The standard InChI is InChI=1S/C29H31FN4O3S/c1-37-27-13-32-22-4-2-3-18(28(22)34-27)24(35)6-5-17-19-8-16(10-29(19)11-20(17)29)31-12-15-7-23-25(9-21(15)30)38-14-26(36)33-23/h2-4,7,9,13,16-17,19-20,24,31,35H,5-6,8,10-12,14H2,1H3,(H,33,36). The molecular weight excluding hydrogens is 503 g/mol. The Labute approximate surface area is 225 Å². The molecule has 9 heteroatoms. The number of aliphatic hydroxyl groups is 1. The highest BCUT2D eigenvalue weighted by Crippen LogP contribution is 2.81. The molecule has 1 aromatic heterocycles. The van der Waals surface area contributed by atoms with E-state index in [0.29, 0.717) is 64.7 Å². The van der Waals surface area contributed by atoms with E-state index in [2.05, 4.69) is 20.6 Å². The van der Waals surface area contributed by atoms with Gasteiger partial charge in [-0.15, -0.1) is 11.8 Å². The summed E-state index contributed by atoms with van der Waals surface area (Å²) in [6.07, 6.45) is 6.25. The maximum Gasteiger partial charge on any atom is 0.234 e. The summed E-state index contributed by atoms with van der Waals surface area (Å²) in [5.74, 6) is 2.59. The quantitative estimate of drug-likeness (QED) is 0.381.